The number of amides is 1. The summed E-state index contributed by atoms with van der Waals surface area (Å²) in [6, 6.07) is 16.8. The van der Waals surface area contributed by atoms with Gasteiger partial charge in [-0.05, 0) is 42.3 Å². The maximum Gasteiger partial charge on any atom is 0.270 e. The summed E-state index contributed by atoms with van der Waals surface area (Å²) in [5.74, 6) is -0.393. The summed E-state index contributed by atoms with van der Waals surface area (Å²) in [4.78, 5) is 27.8. The van der Waals surface area contributed by atoms with Crippen LogP contribution in [0.15, 0.2) is 66.9 Å². The fourth-order valence-electron chi connectivity index (χ4n) is 3.15. The number of carbonyl (C=O) groups is 2. The third-order valence-electron chi connectivity index (χ3n) is 4.91. The van der Waals surface area contributed by atoms with Gasteiger partial charge in [-0.15, -0.1) is 0 Å². The first kappa shape index (κ1) is 23.9. The van der Waals surface area contributed by atoms with Gasteiger partial charge in [0.15, 0.2) is 0 Å². The van der Waals surface area contributed by atoms with E-state index >= 15 is 0 Å². The Hall–Kier alpha value is -3.71. The summed E-state index contributed by atoms with van der Waals surface area (Å²) in [7, 11) is 1.80. The van der Waals surface area contributed by atoms with Crippen LogP contribution < -0.4 is 10.6 Å². The van der Waals surface area contributed by atoms with E-state index in [1.165, 1.54) is 12.1 Å². The van der Waals surface area contributed by atoms with Crippen molar-refractivity contribution in [3.05, 3.63) is 100 Å². The Morgan fingerprint density at radius 1 is 1.12 bits per heavy atom. The van der Waals surface area contributed by atoms with Gasteiger partial charge in [0, 0.05) is 42.1 Å². The summed E-state index contributed by atoms with van der Waals surface area (Å²) >= 11 is 5.99. The molecule has 2 aromatic carbocycles. The zero-order chi connectivity index (χ0) is 23.8. The van der Waals surface area contributed by atoms with E-state index < -0.39 is 0 Å². The van der Waals surface area contributed by atoms with Crippen LogP contribution in [-0.4, -0.2) is 28.6 Å². The normalized spacial score (nSPS) is 10.3. The molecular formula is C25H24ClFN4O2. The third kappa shape index (κ3) is 6.17. The minimum absolute atomic E-state index is 0.193. The molecule has 170 valence electrons. The summed E-state index contributed by atoms with van der Waals surface area (Å²) in [6.45, 7) is 2.33. The number of halogens is 2. The molecule has 4 rings (SSSR count). The molecule has 2 N–H and O–H groups in total. The van der Waals surface area contributed by atoms with E-state index in [2.05, 4.69) is 15.6 Å². The highest BCUT2D eigenvalue weighted by Crippen LogP contribution is 2.18. The van der Waals surface area contributed by atoms with Gasteiger partial charge in [0.25, 0.3) is 5.91 Å². The molecule has 0 atom stereocenters. The number of hydrogen-bond donors (Lipinski definition) is 2. The topological polar surface area (TPSA) is 75.5 Å². The lowest BCUT2D eigenvalue weighted by Gasteiger charge is -2.07. The number of aryl methyl sites for hydroxylation is 1. The molecule has 0 saturated carbocycles. The number of anilines is 1. The number of benzene rings is 2. The Balaban J connectivity index is 0.000000286. The summed E-state index contributed by atoms with van der Waals surface area (Å²) in [5, 5.41) is 6.37. The van der Waals surface area contributed by atoms with Gasteiger partial charge in [0.1, 0.15) is 23.4 Å². The fourth-order valence-corrected chi connectivity index (χ4v) is 3.31. The number of aldehydes is 1. The van der Waals surface area contributed by atoms with Crippen LogP contribution in [0.25, 0.3) is 5.65 Å². The second-order valence-corrected chi connectivity index (χ2v) is 7.57. The van der Waals surface area contributed by atoms with Crippen LogP contribution in [0.1, 0.15) is 39.0 Å². The molecule has 0 spiro atoms. The molecule has 0 unspecified atom stereocenters. The van der Waals surface area contributed by atoms with Gasteiger partial charge in [-0.25, -0.2) is 9.37 Å². The van der Waals surface area contributed by atoms with Gasteiger partial charge in [-0.3, -0.25) is 14.0 Å². The highest BCUT2D eigenvalue weighted by Gasteiger charge is 2.18. The minimum atomic E-state index is -0.200. The molecule has 2 aromatic heterocycles. The van der Waals surface area contributed by atoms with Gasteiger partial charge in [0.05, 0.1) is 5.69 Å². The lowest BCUT2D eigenvalue weighted by molar-refractivity contribution is 0.0943. The lowest BCUT2D eigenvalue weighted by atomic mass is 10.1. The van der Waals surface area contributed by atoms with E-state index in [1.54, 1.807) is 54.0 Å². The number of nitrogens with one attached hydrogen (secondary N) is 2. The average molecular weight is 467 g/mol. The second-order valence-electron chi connectivity index (χ2n) is 7.13. The molecule has 0 radical (unpaired) electrons. The van der Waals surface area contributed by atoms with Crippen molar-refractivity contribution in [1.29, 1.82) is 0 Å². The molecule has 0 aliphatic rings. The van der Waals surface area contributed by atoms with Gasteiger partial charge in [-0.2, -0.15) is 0 Å². The maximum atomic E-state index is 12.6. The number of carbonyl (C=O) groups excluding carboxylic acids is 2. The Morgan fingerprint density at radius 2 is 1.82 bits per heavy atom. The summed E-state index contributed by atoms with van der Waals surface area (Å²) in [6.07, 6.45) is 3.19. The number of hydrogen-bond acceptors (Lipinski definition) is 4. The van der Waals surface area contributed by atoms with Crippen LogP contribution in [0.4, 0.5) is 10.1 Å². The predicted molar refractivity (Wildman–Crippen MR) is 129 cm³/mol. The Labute approximate surface area is 196 Å². The van der Waals surface area contributed by atoms with Gasteiger partial charge in [-0.1, -0.05) is 42.8 Å². The predicted octanol–water partition coefficient (Wildman–Crippen LogP) is 5.16. The van der Waals surface area contributed by atoms with Crippen molar-refractivity contribution in [2.45, 2.75) is 19.9 Å². The van der Waals surface area contributed by atoms with Gasteiger partial charge >= 0.3 is 0 Å². The van der Waals surface area contributed by atoms with Crippen molar-refractivity contribution in [1.82, 2.24) is 14.7 Å². The molecule has 0 bridgehead atoms. The van der Waals surface area contributed by atoms with Crippen LogP contribution in [0.3, 0.4) is 0 Å². The molecule has 0 saturated heterocycles. The fraction of sp³-hybridized carbons (Fsp3) is 0.160. The van der Waals surface area contributed by atoms with E-state index in [4.69, 9.17) is 11.6 Å². The van der Waals surface area contributed by atoms with Crippen molar-refractivity contribution in [2.75, 3.05) is 12.4 Å². The molecule has 0 fully saturated rings. The number of rotatable bonds is 6. The largest absolute Gasteiger partial charge is 0.388 e. The second kappa shape index (κ2) is 11.2. The van der Waals surface area contributed by atoms with E-state index in [-0.39, 0.29) is 11.7 Å². The molecular weight excluding hydrogens is 443 g/mol. The van der Waals surface area contributed by atoms with Crippen LogP contribution >= 0.6 is 11.6 Å². The van der Waals surface area contributed by atoms with Crippen molar-refractivity contribution in [3.63, 3.8) is 0 Å². The zero-order valence-electron chi connectivity index (χ0n) is 18.3. The number of aromatic nitrogens is 2. The van der Waals surface area contributed by atoms with Crippen LogP contribution in [0.5, 0.6) is 0 Å². The zero-order valence-corrected chi connectivity index (χ0v) is 19.1. The van der Waals surface area contributed by atoms with E-state index in [0.29, 0.717) is 34.9 Å². The quantitative estimate of drug-likeness (QED) is 0.385. The highest BCUT2D eigenvalue weighted by atomic mass is 35.5. The first-order valence-electron chi connectivity index (χ1n) is 10.4. The summed E-state index contributed by atoms with van der Waals surface area (Å²) < 4.78 is 13.9. The lowest BCUT2D eigenvalue weighted by Crippen LogP contribution is -2.25. The molecule has 0 aliphatic heterocycles. The Kier molecular flexibility index (Phi) is 8.16. The molecule has 33 heavy (non-hydrogen) atoms. The van der Waals surface area contributed by atoms with Crippen molar-refractivity contribution >= 4 is 35.1 Å². The molecule has 8 heteroatoms. The summed E-state index contributed by atoms with van der Waals surface area (Å²) in [5.41, 5.74) is 4.36. The number of imidazole rings is 1. The molecule has 2 heterocycles. The first-order valence-corrected chi connectivity index (χ1v) is 10.7. The van der Waals surface area contributed by atoms with Gasteiger partial charge in [0.2, 0.25) is 0 Å². The Bertz CT molecular complexity index is 1240. The van der Waals surface area contributed by atoms with Gasteiger partial charge < -0.3 is 10.6 Å². The average Bonchev–Trinajstić information content (AvgIpc) is 3.21. The molecule has 0 aliphatic carbocycles. The van der Waals surface area contributed by atoms with Crippen LogP contribution in [0, 0.1) is 5.82 Å². The van der Waals surface area contributed by atoms with E-state index in [1.807, 2.05) is 19.1 Å². The molecule has 4 aromatic rings. The van der Waals surface area contributed by atoms with Crippen molar-refractivity contribution < 1.29 is 14.0 Å². The smallest absolute Gasteiger partial charge is 0.270 e. The van der Waals surface area contributed by atoms with Crippen LogP contribution in [0.2, 0.25) is 5.02 Å². The molecule has 6 nitrogen and oxygen atoms in total. The number of nitrogens with zero attached hydrogens (tertiary/aromatic N) is 2. The Morgan fingerprint density at radius 3 is 2.42 bits per heavy atom. The third-order valence-corrected chi connectivity index (χ3v) is 5.15. The van der Waals surface area contributed by atoms with Crippen molar-refractivity contribution in [3.8, 4) is 0 Å². The highest BCUT2D eigenvalue weighted by molar-refractivity contribution is 6.30. The standard InChI is InChI=1S/C18H16ClN3O2.C7H8FN/c1-2-15-17(22-8-7-14(19)9-16(22)21-15)18(24)20-10-12-3-5-13(11-23)6-4-12;1-9-7-4-2-6(8)3-5-7/h3-9,11H,2,10H2,1H3,(H,20,24);2-5,9H,1H3. The monoisotopic (exact) mass is 466 g/mol. The van der Waals surface area contributed by atoms with E-state index in [0.717, 1.165) is 23.2 Å². The minimum Gasteiger partial charge on any atom is -0.388 e. The number of fused-ring (bicyclic) bond motifs is 1. The van der Waals surface area contributed by atoms with Crippen LogP contribution in [-0.2, 0) is 13.0 Å². The molecule has 1 amide bonds. The number of pyridine rings is 1. The first-order chi connectivity index (χ1) is 15.9. The SMILES string of the molecule is CCc1nc2cc(Cl)ccn2c1C(=O)NCc1ccc(C=O)cc1.CNc1ccc(F)cc1. The van der Waals surface area contributed by atoms with Crippen molar-refractivity contribution in [2.24, 2.45) is 0 Å². The maximum absolute atomic E-state index is 12.6. The van der Waals surface area contributed by atoms with E-state index in [9.17, 15) is 14.0 Å².